The van der Waals surface area contributed by atoms with Crippen molar-refractivity contribution in [3.8, 4) is 0 Å². The second-order valence-electron chi connectivity index (χ2n) is 5.36. The Bertz CT molecular complexity index is 452. The number of nitrogens with one attached hydrogen (secondary N) is 1. The normalized spacial score (nSPS) is 18.6. The number of hydrogen-bond acceptors (Lipinski definition) is 1. The molecular formula is C18H22ClN. The Balaban J connectivity index is 0.00000147. The van der Waals surface area contributed by atoms with Crippen LogP contribution in [0.5, 0.6) is 0 Å². The topological polar surface area (TPSA) is 12.0 Å². The predicted octanol–water partition coefficient (Wildman–Crippen LogP) is 4.38. The Morgan fingerprint density at radius 3 is 1.80 bits per heavy atom. The molecule has 1 N–H and O–H groups in total. The molecule has 1 saturated heterocycles. The van der Waals surface area contributed by atoms with Gasteiger partial charge in [0.2, 0.25) is 0 Å². The molecule has 2 heteroatoms. The van der Waals surface area contributed by atoms with E-state index in [1.54, 1.807) is 0 Å². The largest absolute Gasteiger partial charge is 0.313 e. The van der Waals surface area contributed by atoms with Gasteiger partial charge < -0.3 is 5.32 Å². The zero-order valence-electron chi connectivity index (χ0n) is 11.7. The van der Waals surface area contributed by atoms with Gasteiger partial charge in [0.15, 0.2) is 0 Å². The highest BCUT2D eigenvalue weighted by Gasteiger charge is 2.25. The highest BCUT2D eigenvalue weighted by Crippen LogP contribution is 2.31. The number of hydrogen-bond donors (Lipinski definition) is 1. The van der Waals surface area contributed by atoms with Gasteiger partial charge in [-0.3, -0.25) is 0 Å². The molecule has 1 atom stereocenters. The third-order valence-corrected chi connectivity index (χ3v) is 4.07. The predicted molar refractivity (Wildman–Crippen MR) is 87.6 cm³/mol. The van der Waals surface area contributed by atoms with E-state index in [-0.39, 0.29) is 12.4 Å². The molecule has 1 unspecified atom stereocenters. The molecule has 1 aliphatic rings. The fourth-order valence-corrected chi connectivity index (χ4v) is 3.14. The van der Waals surface area contributed by atoms with Gasteiger partial charge in [-0.15, -0.1) is 12.4 Å². The van der Waals surface area contributed by atoms with Gasteiger partial charge in [-0.2, -0.15) is 0 Å². The lowest BCUT2D eigenvalue weighted by Crippen LogP contribution is -2.39. The fourth-order valence-electron chi connectivity index (χ4n) is 3.14. The molecular weight excluding hydrogens is 266 g/mol. The lowest BCUT2D eigenvalue weighted by atomic mass is 9.81. The van der Waals surface area contributed by atoms with Crippen LogP contribution in [0.2, 0.25) is 0 Å². The van der Waals surface area contributed by atoms with Gasteiger partial charge in [-0.05, 0) is 30.5 Å². The smallest absolute Gasteiger partial charge is 0.0243 e. The number of halogens is 1. The standard InChI is InChI=1S/C18H21N.ClH/c1-3-9-15(10-4-1)18(16-11-5-2-6-12-16)17-13-7-8-14-19-17;/h1-6,9-12,17-19H,7-8,13-14H2;1H. The van der Waals surface area contributed by atoms with E-state index in [4.69, 9.17) is 0 Å². The van der Waals surface area contributed by atoms with Crippen molar-refractivity contribution >= 4 is 12.4 Å². The minimum atomic E-state index is 0. The highest BCUT2D eigenvalue weighted by molar-refractivity contribution is 5.85. The van der Waals surface area contributed by atoms with Crippen LogP contribution < -0.4 is 5.32 Å². The van der Waals surface area contributed by atoms with E-state index < -0.39 is 0 Å². The maximum Gasteiger partial charge on any atom is 0.0243 e. The van der Waals surface area contributed by atoms with E-state index in [0.29, 0.717) is 12.0 Å². The first-order valence-electron chi connectivity index (χ1n) is 7.28. The Kier molecular flexibility index (Phi) is 5.63. The third kappa shape index (κ3) is 3.41. The Hall–Kier alpha value is -1.31. The molecule has 0 radical (unpaired) electrons. The molecule has 0 aliphatic carbocycles. The van der Waals surface area contributed by atoms with Crippen LogP contribution >= 0.6 is 12.4 Å². The van der Waals surface area contributed by atoms with E-state index in [9.17, 15) is 0 Å². The monoisotopic (exact) mass is 287 g/mol. The fraction of sp³-hybridized carbons (Fsp3) is 0.333. The van der Waals surface area contributed by atoms with Gasteiger partial charge >= 0.3 is 0 Å². The van der Waals surface area contributed by atoms with E-state index in [0.717, 1.165) is 6.54 Å². The van der Waals surface area contributed by atoms with Gasteiger partial charge in [0, 0.05) is 12.0 Å². The van der Waals surface area contributed by atoms with E-state index >= 15 is 0 Å². The number of rotatable bonds is 3. The summed E-state index contributed by atoms with van der Waals surface area (Å²) in [7, 11) is 0. The first kappa shape index (κ1) is 15.1. The lowest BCUT2D eigenvalue weighted by Gasteiger charge is -2.32. The zero-order valence-corrected chi connectivity index (χ0v) is 12.5. The third-order valence-electron chi connectivity index (χ3n) is 4.07. The number of piperidine rings is 1. The molecule has 0 bridgehead atoms. The second kappa shape index (κ2) is 7.47. The van der Waals surface area contributed by atoms with Crippen molar-refractivity contribution in [3.63, 3.8) is 0 Å². The van der Waals surface area contributed by atoms with Gasteiger partial charge in [-0.1, -0.05) is 67.1 Å². The van der Waals surface area contributed by atoms with E-state index in [1.807, 2.05) is 0 Å². The Labute approximate surface area is 127 Å². The molecule has 1 aliphatic heterocycles. The molecule has 0 aromatic heterocycles. The van der Waals surface area contributed by atoms with Crippen molar-refractivity contribution in [2.24, 2.45) is 0 Å². The quantitative estimate of drug-likeness (QED) is 0.883. The Morgan fingerprint density at radius 2 is 1.35 bits per heavy atom. The van der Waals surface area contributed by atoms with E-state index in [2.05, 4.69) is 66.0 Å². The molecule has 0 amide bonds. The van der Waals surface area contributed by atoms with Crippen LogP contribution in [-0.2, 0) is 0 Å². The Morgan fingerprint density at radius 1 is 0.800 bits per heavy atom. The van der Waals surface area contributed by atoms with Gasteiger partial charge in [0.1, 0.15) is 0 Å². The summed E-state index contributed by atoms with van der Waals surface area (Å²) in [5.41, 5.74) is 2.85. The molecule has 1 nitrogen and oxygen atoms in total. The molecule has 2 aromatic carbocycles. The summed E-state index contributed by atoms with van der Waals surface area (Å²) in [6.45, 7) is 1.15. The van der Waals surface area contributed by atoms with Gasteiger partial charge in [0.05, 0.1) is 0 Å². The highest BCUT2D eigenvalue weighted by atomic mass is 35.5. The summed E-state index contributed by atoms with van der Waals surface area (Å²) < 4.78 is 0. The van der Waals surface area contributed by atoms with Crippen LogP contribution in [0.4, 0.5) is 0 Å². The van der Waals surface area contributed by atoms with Crippen molar-refractivity contribution in [1.29, 1.82) is 0 Å². The number of benzene rings is 2. The van der Waals surface area contributed by atoms with Crippen molar-refractivity contribution < 1.29 is 0 Å². The second-order valence-corrected chi connectivity index (χ2v) is 5.36. The molecule has 3 rings (SSSR count). The van der Waals surface area contributed by atoms with Crippen molar-refractivity contribution in [1.82, 2.24) is 5.32 Å². The summed E-state index contributed by atoms with van der Waals surface area (Å²) >= 11 is 0. The summed E-state index contributed by atoms with van der Waals surface area (Å²) in [6, 6.07) is 22.4. The first-order valence-corrected chi connectivity index (χ1v) is 7.28. The molecule has 1 fully saturated rings. The summed E-state index contributed by atoms with van der Waals surface area (Å²) in [5, 5.41) is 3.72. The molecule has 106 valence electrons. The minimum Gasteiger partial charge on any atom is -0.313 e. The average molecular weight is 288 g/mol. The molecule has 2 aromatic rings. The van der Waals surface area contributed by atoms with Crippen molar-refractivity contribution in [2.45, 2.75) is 31.2 Å². The van der Waals surface area contributed by atoms with Crippen LogP contribution in [0.1, 0.15) is 36.3 Å². The van der Waals surface area contributed by atoms with Crippen molar-refractivity contribution in [3.05, 3.63) is 71.8 Å². The van der Waals surface area contributed by atoms with E-state index in [1.165, 1.54) is 30.4 Å². The van der Waals surface area contributed by atoms with Crippen molar-refractivity contribution in [2.75, 3.05) is 6.54 Å². The van der Waals surface area contributed by atoms with Crippen LogP contribution in [0, 0.1) is 0 Å². The maximum absolute atomic E-state index is 3.72. The molecule has 20 heavy (non-hydrogen) atoms. The SMILES string of the molecule is Cl.c1ccc(C(c2ccccc2)C2CCCCN2)cc1. The maximum atomic E-state index is 3.72. The van der Waals surface area contributed by atoms with Crippen LogP contribution in [0.3, 0.4) is 0 Å². The van der Waals surface area contributed by atoms with Crippen LogP contribution in [0.25, 0.3) is 0 Å². The average Bonchev–Trinajstić information content (AvgIpc) is 2.51. The minimum absolute atomic E-state index is 0. The van der Waals surface area contributed by atoms with Crippen LogP contribution in [0.15, 0.2) is 60.7 Å². The zero-order chi connectivity index (χ0) is 12.9. The molecule has 0 saturated carbocycles. The van der Waals surface area contributed by atoms with Gasteiger partial charge in [0.25, 0.3) is 0 Å². The molecule has 1 heterocycles. The first-order chi connectivity index (χ1) is 9.45. The molecule has 0 spiro atoms. The summed E-state index contributed by atoms with van der Waals surface area (Å²) in [4.78, 5) is 0. The lowest BCUT2D eigenvalue weighted by molar-refractivity contribution is 0.372. The summed E-state index contributed by atoms with van der Waals surface area (Å²) in [5.74, 6) is 0.475. The van der Waals surface area contributed by atoms with Gasteiger partial charge in [-0.25, -0.2) is 0 Å². The van der Waals surface area contributed by atoms with Crippen LogP contribution in [-0.4, -0.2) is 12.6 Å². The summed E-state index contributed by atoms with van der Waals surface area (Å²) in [6.07, 6.45) is 3.93.